The van der Waals surface area contributed by atoms with Gasteiger partial charge in [-0.15, -0.1) is 0 Å². The minimum absolute atomic E-state index is 0.0673. The van der Waals surface area contributed by atoms with Crippen molar-refractivity contribution in [2.24, 2.45) is 7.05 Å². The fraction of sp³-hybridized carbons (Fsp3) is 0.167. The van der Waals surface area contributed by atoms with Crippen LogP contribution in [0.15, 0.2) is 60.9 Å². The van der Waals surface area contributed by atoms with Gasteiger partial charge in [-0.25, -0.2) is 22.8 Å². The summed E-state index contributed by atoms with van der Waals surface area (Å²) in [6.45, 7) is 1.95. The van der Waals surface area contributed by atoms with Crippen LogP contribution in [0.25, 0.3) is 33.3 Å². The maximum atomic E-state index is 13.5. The van der Waals surface area contributed by atoms with Gasteiger partial charge in [0, 0.05) is 36.9 Å². The minimum atomic E-state index is -3.52. The Kier molecular flexibility index (Phi) is 5.24. The molecule has 0 fully saturated rings. The number of nitrogens with one attached hydrogen (secondary N) is 1. The first kappa shape index (κ1) is 21.9. The van der Waals surface area contributed by atoms with E-state index in [9.17, 15) is 17.9 Å². The summed E-state index contributed by atoms with van der Waals surface area (Å²) < 4.78 is 44.4. The fourth-order valence-electron chi connectivity index (χ4n) is 4.12. The zero-order chi connectivity index (χ0) is 24.0. The van der Waals surface area contributed by atoms with Crippen molar-refractivity contribution in [3.8, 4) is 17.3 Å². The Balaban J connectivity index is 1.78. The number of para-hydroxylation sites is 1. The number of hydrogen-bond donors (Lipinski definition) is 2. The Morgan fingerprint density at radius 3 is 2.62 bits per heavy atom. The summed E-state index contributed by atoms with van der Waals surface area (Å²) in [4.78, 5) is 8.83. The van der Waals surface area contributed by atoms with Crippen LogP contribution >= 0.6 is 0 Å². The zero-order valence-electron chi connectivity index (χ0n) is 18.5. The van der Waals surface area contributed by atoms with Crippen molar-refractivity contribution in [3.63, 3.8) is 0 Å². The van der Waals surface area contributed by atoms with Crippen molar-refractivity contribution < 1.29 is 17.9 Å². The zero-order valence-corrected chi connectivity index (χ0v) is 19.3. The minimum Gasteiger partial charge on any atom is -0.492 e. The van der Waals surface area contributed by atoms with Gasteiger partial charge in [-0.1, -0.05) is 18.2 Å². The second-order valence-corrected chi connectivity index (χ2v) is 10.0. The molecule has 0 bridgehead atoms. The number of sulfonamides is 1. The lowest BCUT2D eigenvalue weighted by atomic mass is 10.1. The Morgan fingerprint density at radius 1 is 1.12 bits per heavy atom. The molecule has 0 amide bonds. The standard InChI is InChI=1S/C24H22FN5O3S/c1-3-34(32,33)28-19-5-4-6-20-21(19)27-23(30(20)13-15-7-9-16(25)10-8-15)18-14-29(2)22-17(18)11-12-26-24(22)31/h4-12,14,28H,3,13H2,1-2H3,(H,26,31). The van der Waals surface area contributed by atoms with Gasteiger partial charge in [-0.2, -0.15) is 0 Å². The second-order valence-electron chi connectivity index (χ2n) is 8.01. The number of pyridine rings is 1. The van der Waals surface area contributed by atoms with E-state index in [1.54, 1.807) is 48.9 Å². The summed E-state index contributed by atoms with van der Waals surface area (Å²) in [6, 6.07) is 13.3. The molecular formula is C24H22FN5O3S. The summed E-state index contributed by atoms with van der Waals surface area (Å²) in [5.41, 5.74) is 3.75. The number of imidazole rings is 1. The average molecular weight is 480 g/mol. The van der Waals surface area contributed by atoms with Gasteiger partial charge in [0.2, 0.25) is 15.9 Å². The summed E-state index contributed by atoms with van der Waals surface area (Å²) in [5, 5.41) is 11.1. The highest BCUT2D eigenvalue weighted by Crippen LogP contribution is 2.36. The largest absolute Gasteiger partial charge is 0.492 e. The van der Waals surface area contributed by atoms with Crippen LogP contribution in [0.3, 0.4) is 0 Å². The van der Waals surface area contributed by atoms with Gasteiger partial charge in [0.05, 0.1) is 17.0 Å². The molecular weight excluding hydrogens is 457 g/mol. The molecule has 0 saturated carbocycles. The van der Waals surface area contributed by atoms with Crippen molar-refractivity contribution >= 4 is 37.6 Å². The smallest absolute Gasteiger partial charge is 0.236 e. The van der Waals surface area contributed by atoms with E-state index in [0.29, 0.717) is 34.6 Å². The first-order chi connectivity index (χ1) is 16.3. The first-order valence-corrected chi connectivity index (χ1v) is 12.3. The van der Waals surface area contributed by atoms with Gasteiger partial charge in [0.25, 0.3) is 0 Å². The molecule has 2 N–H and O–H groups in total. The van der Waals surface area contributed by atoms with E-state index >= 15 is 0 Å². The third-order valence-corrected chi connectivity index (χ3v) is 7.08. The van der Waals surface area contributed by atoms with Crippen LogP contribution in [0.5, 0.6) is 5.88 Å². The highest BCUT2D eigenvalue weighted by atomic mass is 32.2. The molecule has 5 aromatic rings. The van der Waals surface area contributed by atoms with E-state index < -0.39 is 10.0 Å². The van der Waals surface area contributed by atoms with Crippen LogP contribution in [0, 0.1) is 5.82 Å². The normalized spacial score (nSPS) is 12.0. The Morgan fingerprint density at radius 2 is 1.88 bits per heavy atom. The third kappa shape index (κ3) is 3.75. The number of aromatic nitrogens is 4. The van der Waals surface area contributed by atoms with E-state index in [0.717, 1.165) is 16.5 Å². The molecule has 0 atom stereocenters. The quantitative estimate of drug-likeness (QED) is 0.379. The predicted molar refractivity (Wildman–Crippen MR) is 130 cm³/mol. The number of anilines is 1. The number of nitrogens with zero attached hydrogens (tertiary/aromatic N) is 4. The molecule has 0 radical (unpaired) electrons. The Bertz CT molecular complexity index is 1640. The summed E-state index contributed by atoms with van der Waals surface area (Å²) in [6.07, 6.45) is 3.37. The fourth-order valence-corrected chi connectivity index (χ4v) is 4.77. The molecule has 0 unspecified atom stereocenters. The molecule has 34 heavy (non-hydrogen) atoms. The highest BCUT2D eigenvalue weighted by Gasteiger charge is 2.21. The number of fused-ring (bicyclic) bond motifs is 2. The van der Waals surface area contributed by atoms with Gasteiger partial charge in [0.15, 0.2) is 0 Å². The summed E-state index contributed by atoms with van der Waals surface area (Å²) >= 11 is 0. The maximum Gasteiger partial charge on any atom is 0.236 e. The number of aromatic hydroxyl groups is 1. The van der Waals surface area contributed by atoms with Gasteiger partial charge in [-0.3, -0.25) is 4.72 Å². The maximum absolute atomic E-state index is 13.5. The molecule has 3 aromatic heterocycles. The summed E-state index contributed by atoms with van der Waals surface area (Å²) in [5.74, 6) is 0.0950. The van der Waals surface area contributed by atoms with Crippen molar-refractivity contribution in [1.82, 2.24) is 19.1 Å². The van der Waals surface area contributed by atoms with Crippen molar-refractivity contribution in [1.29, 1.82) is 0 Å². The molecule has 0 aliphatic carbocycles. The molecule has 0 aliphatic rings. The van der Waals surface area contributed by atoms with Crippen LogP contribution in [-0.2, 0) is 23.6 Å². The van der Waals surface area contributed by atoms with Gasteiger partial charge in [0.1, 0.15) is 22.7 Å². The lowest BCUT2D eigenvalue weighted by Gasteiger charge is -2.10. The highest BCUT2D eigenvalue weighted by molar-refractivity contribution is 7.92. The first-order valence-electron chi connectivity index (χ1n) is 10.6. The number of rotatable bonds is 6. The Hall–Kier alpha value is -3.92. The molecule has 0 saturated heterocycles. The van der Waals surface area contributed by atoms with Crippen molar-refractivity contribution in [3.05, 3.63) is 72.3 Å². The van der Waals surface area contributed by atoms with Crippen LogP contribution in [0.2, 0.25) is 0 Å². The number of benzene rings is 2. The molecule has 0 spiro atoms. The van der Waals surface area contributed by atoms with Gasteiger partial charge < -0.3 is 14.2 Å². The predicted octanol–water partition coefficient (Wildman–Crippen LogP) is 4.24. The third-order valence-electron chi connectivity index (χ3n) is 5.79. The van der Waals surface area contributed by atoms with E-state index in [-0.39, 0.29) is 17.5 Å². The average Bonchev–Trinajstić information content (AvgIpc) is 3.34. The second kappa shape index (κ2) is 8.14. The lowest BCUT2D eigenvalue weighted by Crippen LogP contribution is -2.14. The SMILES string of the molecule is CCS(=O)(=O)Nc1cccc2c1nc(-c1cn(C)c3c(O)nccc13)n2Cc1ccc(F)cc1. The molecule has 10 heteroatoms. The molecule has 174 valence electrons. The van der Waals surface area contributed by atoms with E-state index in [2.05, 4.69) is 9.71 Å². The van der Waals surface area contributed by atoms with E-state index in [4.69, 9.17) is 4.98 Å². The Labute approximate surface area is 195 Å². The molecule has 2 aromatic carbocycles. The molecule has 8 nitrogen and oxygen atoms in total. The van der Waals surface area contributed by atoms with Gasteiger partial charge in [-0.05, 0) is 42.8 Å². The van der Waals surface area contributed by atoms with Crippen LogP contribution in [0.4, 0.5) is 10.1 Å². The van der Waals surface area contributed by atoms with Crippen LogP contribution in [0.1, 0.15) is 12.5 Å². The number of hydrogen-bond acceptors (Lipinski definition) is 5. The van der Waals surface area contributed by atoms with Crippen molar-refractivity contribution in [2.45, 2.75) is 13.5 Å². The molecule has 5 rings (SSSR count). The topological polar surface area (TPSA) is 102 Å². The van der Waals surface area contributed by atoms with Crippen molar-refractivity contribution in [2.75, 3.05) is 10.5 Å². The van der Waals surface area contributed by atoms with E-state index in [1.165, 1.54) is 18.3 Å². The molecule has 0 aliphatic heterocycles. The lowest BCUT2D eigenvalue weighted by molar-refractivity contribution is 0.457. The number of halogens is 1. The molecule has 3 heterocycles. The van der Waals surface area contributed by atoms with Gasteiger partial charge >= 0.3 is 0 Å². The van der Waals surface area contributed by atoms with Crippen LogP contribution in [-0.4, -0.2) is 38.4 Å². The van der Waals surface area contributed by atoms with Crippen LogP contribution < -0.4 is 4.72 Å². The monoisotopic (exact) mass is 479 g/mol. The van der Waals surface area contributed by atoms with E-state index in [1.807, 2.05) is 16.8 Å². The number of aryl methyl sites for hydroxylation is 1. The summed E-state index contributed by atoms with van der Waals surface area (Å²) in [7, 11) is -1.71.